The molecule has 0 aromatic carbocycles. The lowest BCUT2D eigenvalue weighted by Gasteiger charge is -2.32. The van der Waals surface area contributed by atoms with Crippen LogP contribution in [0.3, 0.4) is 0 Å². The van der Waals surface area contributed by atoms with Crippen LogP contribution >= 0.6 is 0 Å². The Balaban J connectivity index is 1.64. The highest BCUT2D eigenvalue weighted by atomic mass is 16.5. The zero-order valence-electron chi connectivity index (χ0n) is 13.4. The van der Waals surface area contributed by atoms with Gasteiger partial charge in [-0.3, -0.25) is 19.3 Å². The van der Waals surface area contributed by atoms with Crippen molar-refractivity contribution in [2.45, 2.75) is 12.6 Å². The largest absolute Gasteiger partial charge is 0.368 e. The second-order valence-corrected chi connectivity index (χ2v) is 5.45. The number of rotatable bonds is 4. The van der Waals surface area contributed by atoms with E-state index in [1.807, 2.05) is 0 Å². The predicted molar refractivity (Wildman–Crippen MR) is 85.1 cm³/mol. The molecule has 0 radical (unpaired) electrons. The van der Waals surface area contributed by atoms with Gasteiger partial charge in [0.2, 0.25) is 5.91 Å². The van der Waals surface area contributed by atoms with Crippen molar-refractivity contribution < 1.29 is 14.3 Å². The monoisotopic (exact) mass is 329 g/mol. The Labute approximate surface area is 139 Å². The molecule has 2 amide bonds. The molecular formula is C16H19N5O3. The van der Waals surface area contributed by atoms with Crippen molar-refractivity contribution in [3.63, 3.8) is 0 Å². The van der Waals surface area contributed by atoms with Crippen molar-refractivity contribution in [2.24, 2.45) is 0 Å². The van der Waals surface area contributed by atoms with Crippen molar-refractivity contribution in [1.82, 2.24) is 25.0 Å². The number of aromatic nitrogens is 3. The number of nitrogens with one attached hydrogen (secondary N) is 1. The van der Waals surface area contributed by atoms with Crippen molar-refractivity contribution in [1.29, 1.82) is 0 Å². The summed E-state index contributed by atoms with van der Waals surface area (Å²) < 4.78 is 7.33. The molecule has 0 aliphatic carbocycles. The minimum atomic E-state index is -0.293. The molecule has 24 heavy (non-hydrogen) atoms. The van der Waals surface area contributed by atoms with Gasteiger partial charge in [0.15, 0.2) is 0 Å². The summed E-state index contributed by atoms with van der Waals surface area (Å²) in [5, 5.41) is 6.60. The van der Waals surface area contributed by atoms with Crippen LogP contribution in [0, 0.1) is 0 Å². The molecule has 3 rings (SSSR count). The van der Waals surface area contributed by atoms with E-state index in [9.17, 15) is 9.59 Å². The molecule has 0 spiro atoms. The van der Waals surface area contributed by atoms with E-state index in [4.69, 9.17) is 4.74 Å². The number of ether oxygens (including phenoxy) is 1. The van der Waals surface area contributed by atoms with E-state index in [0.717, 1.165) is 0 Å². The Kier molecular flexibility index (Phi) is 4.85. The zero-order valence-corrected chi connectivity index (χ0v) is 13.4. The minimum Gasteiger partial charge on any atom is -0.368 e. The van der Waals surface area contributed by atoms with Gasteiger partial charge in [-0.1, -0.05) is 0 Å². The third-order valence-electron chi connectivity index (χ3n) is 3.88. The fourth-order valence-corrected chi connectivity index (χ4v) is 2.56. The highest BCUT2D eigenvalue weighted by molar-refractivity contribution is 5.93. The number of morpholine rings is 1. The van der Waals surface area contributed by atoms with Gasteiger partial charge in [0.1, 0.15) is 12.6 Å². The predicted octanol–water partition coefficient (Wildman–Crippen LogP) is 0.238. The third kappa shape index (κ3) is 3.60. The molecule has 1 aliphatic rings. The average molecular weight is 329 g/mol. The van der Waals surface area contributed by atoms with Crippen LogP contribution in [-0.4, -0.2) is 58.2 Å². The summed E-state index contributed by atoms with van der Waals surface area (Å²) in [6.45, 7) is 1.65. The Hall–Kier alpha value is -2.74. The van der Waals surface area contributed by atoms with E-state index < -0.39 is 0 Å². The molecule has 0 saturated carbocycles. The van der Waals surface area contributed by atoms with Gasteiger partial charge in [-0.05, 0) is 18.2 Å². The molecule has 1 atom stereocenters. The minimum absolute atomic E-state index is 0.00557. The van der Waals surface area contributed by atoms with Crippen LogP contribution in [0.2, 0.25) is 0 Å². The topological polar surface area (TPSA) is 89.4 Å². The Morgan fingerprint density at radius 1 is 1.42 bits per heavy atom. The van der Waals surface area contributed by atoms with E-state index >= 15 is 0 Å². The number of nitrogens with zero attached hydrogens (tertiary/aromatic N) is 4. The van der Waals surface area contributed by atoms with Crippen molar-refractivity contribution in [3.05, 3.63) is 48.0 Å². The van der Waals surface area contributed by atoms with Gasteiger partial charge in [-0.25, -0.2) is 0 Å². The van der Waals surface area contributed by atoms with Crippen LogP contribution in [0.15, 0.2) is 36.8 Å². The van der Waals surface area contributed by atoms with E-state index in [1.54, 1.807) is 47.2 Å². The van der Waals surface area contributed by atoms with E-state index in [-0.39, 0.29) is 24.5 Å². The van der Waals surface area contributed by atoms with Crippen LogP contribution in [0.1, 0.15) is 22.2 Å². The van der Waals surface area contributed by atoms with Crippen molar-refractivity contribution in [2.75, 3.05) is 26.7 Å². The normalized spacial score (nSPS) is 17.5. The number of amides is 2. The lowest BCUT2D eigenvalue weighted by Crippen LogP contribution is -2.43. The van der Waals surface area contributed by atoms with Crippen LogP contribution in [0.5, 0.6) is 0 Å². The first-order chi connectivity index (χ1) is 11.7. The number of hydrogen-bond acceptors (Lipinski definition) is 5. The van der Waals surface area contributed by atoms with Gasteiger partial charge in [0.05, 0.1) is 24.4 Å². The molecule has 2 aromatic heterocycles. The Bertz CT molecular complexity index is 699. The van der Waals surface area contributed by atoms with Crippen LogP contribution in [0.4, 0.5) is 0 Å². The highest BCUT2D eigenvalue weighted by Gasteiger charge is 2.26. The van der Waals surface area contributed by atoms with E-state index in [0.29, 0.717) is 31.0 Å². The van der Waals surface area contributed by atoms with Crippen LogP contribution in [0.25, 0.3) is 0 Å². The summed E-state index contributed by atoms with van der Waals surface area (Å²) >= 11 is 0. The summed E-state index contributed by atoms with van der Waals surface area (Å²) in [7, 11) is 1.57. The second kappa shape index (κ2) is 7.22. The van der Waals surface area contributed by atoms with Gasteiger partial charge in [-0.2, -0.15) is 5.10 Å². The number of carbonyl (C=O) groups excluding carboxylic acids is 2. The molecule has 1 saturated heterocycles. The van der Waals surface area contributed by atoms with Gasteiger partial charge < -0.3 is 15.0 Å². The highest BCUT2D eigenvalue weighted by Crippen LogP contribution is 2.21. The van der Waals surface area contributed by atoms with E-state index in [1.165, 1.54) is 6.20 Å². The average Bonchev–Trinajstić information content (AvgIpc) is 3.14. The molecule has 1 aliphatic heterocycles. The molecule has 2 aromatic rings. The first-order valence-electron chi connectivity index (χ1n) is 7.72. The molecule has 1 N–H and O–H groups in total. The summed E-state index contributed by atoms with van der Waals surface area (Å²) in [4.78, 5) is 30.0. The first-order valence-corrected chi connectivity index (χ1v) is 7.72. The number of pyridine rings is 1. The molecular weight excluding hydrogens is 310 g/mol. The molecule has 126 valence electrons. The molecule has 1 fully saturated rings. The number of carbonyl (C=O) groups is 2. The molecule has 8 nitrogen and oxygen atoms in total. The molecule has 8 heteroatoms. The SMILES string of the molecule is CNC(=O)c1ccc(C2CN(C(=O)Cn3cccn3)CCO2)nc1. The second-order valence-electron chi connectivity index (χ2n) is 5.45. The summed E-state index contributed by atoms with van der Waals surface area (Å²) in [6.07, 6.45) is 4.63. The van der Waals surface area contributed by atoms with Crippen molar-refractivity contribution >= 4 is 11.8 Å². The third-order valence-corrected chi connectivity index (χ3v) is 3.88. The fourth-order valence-electron chi connectivity index (χ4n) is 2.56. The lowest BCUT2D eigenvalue weighted by atomic mass is 10.1. The molecule has 0 bridgehead atoms. The van der Waals surface area contributed by atoms with Gasteiger partial charge in [-0.15, -0.1) is 0 Å². The lowest BCUT2D eigenvalue weighted by molar-refractivity contribution is -0.140. The summed E-state index contributed by atoms with van der Waals surface area (Å²) in [5.41, 5.74) is 1.20. The maximum Gasteiger partial charge on any atom is 0.252 e. The van der Waals surface area contributed by atoms with E-state index in [2.05, 4.69) is 15.4 Å². The Morgan fingerprint density at radius 2 is 2.29 bits per heavy atom. The molecule has 1 unspecified atom stereocenters. The van der Waals surface area contributed by atoms with Gasteiger partial charge in [0.25, 0.3) is 5.91 Å². The summed E-state index contributed by atoms with van der Waals surface area (Å²) in [6, 6.07) is 5.25. The fraction of sp³-hybridized carbons (Fsp3) is 0.375. The van der Waals surface area contributed by atoms with Gasteiger partial charge in [0, 0.05) is 32.2 Å². The maximum atomic E-state index is 12.4. The van der Waals surface area contributed by atoms with Crippen LogP contribution in [-0.2, 0) is 16.1 Å². The number of hydrogen-bond donors (Lipinski definition) is 1. The van der Waals surface area contributed by atoms with Gasteiger partial charge >= 0.3 is 0 Å². The van der Waals surface area contributed by atoms with Crippen molar-refractivity contribution in [3.8, 4) is 0 Å². The summed E-state index contributed by atoms with van der Waals surface area (Å²) in [5.74, 6) is -0.191. The maximum absolute atomic E-state index is 12.4. The Morgan fingerprint density at radius 3 is 2.96 bits per heavy atom. The molecule has 3 heterocycles. The quantitative estimate of drug-likeness (QED) is 0.868. The zero-order chi connectivity index (χ0) is 16.9. The standard InChI is InChI=1S/C16H19N5O3/c1-17-16(23)12-3-4-13(18-9-12)14-10-20(7-8-24-14)15(22)11-21-6-2-5-19-21/h2-6,9,14H,7-8,10-11H2,1H3,(H,17,23). The first kappa shape index (κ1) is 16.1. The van der Waals surface area contributed by atoms with Crippen LogP contribution < -0.4 is 5.32 Å². The smallest absolute Gasteiger partial charge is 0.252 e.